The molecule has 0 aliphatic carbocycles. The molecule has 194 valence electrons. The first-order valence-corrected chi connectivity index (χ1v) is 12.5. The van der Waals surface area contributed by atoms with Gasteiger partial charge in [-0.25, -0.2) is 14.8 Å². The number of rotatable bonds is 7. The summed E-state index contributed by atoms with van der Waals surface area (Å²) in [5.41, 5.74) is 1.89. The van der Waals surface area contributed by atoms with Gasteiger partial charge in [0.1, 0.15) is 5.76 Å². The second-order valence-corrected chi connectivity index (χ2v) is 9.90. The molecule has 1 saturated heterocycles. The molecular weight excluding hydrogens is 468 g/mol. The maximum absolute atomic E-state index is 12.4. The van der Waals surface area contributed by atoms with Gasteiger partial charge in [-0.05, 0) is 31.2 Å². The molecule has 37 heavy (non-hydrogen) atoms. The van der Waals surface area contributed by atoms with Crippen LogP contribution in [-0.2, 0) is 5.41 Å². The molecule has 0 spiro atoms. The molecule has 2 amide bonds. The Kier molecular flexibility index (Phi) is 8.72. The summed E-state index contributed by atoms with van der Waals surface area (Å²) in [5, 5.41) is 16.0. The van der Waals surface area contributed by atoms with Gasteiger partial charge in [-0.1, -0.05) is 43.8 Å². The minimum atomic E-state index is -0.414. The van der Waals surface area contributed by atoms with Crippen molar-refractivity contribution in [2.75, 3.05) is 55.2 Å². The number of piperazine rings is 1. The van der Waals surface area contributed by atoms with Crippen LogP contribution in [0.1, 0.15) is 44.1 Å². The molecule has 10 nitrogen and oxygen atoms in total. The molecule has 1 fully saturated rings. The first-order chi connectivity index (χ1) is 17.8. The Morgan fingerprint density at radius 2 is 1.84 bits per heavy atom. The highest BCUT2D eigenvalue weighted by Gasteiger charge is 2.20. The number of urea groups is 1. The summed E-state index contributed by atoms with van der Waals surface area (Å²) < 4.78 is 5.30. The summed E-state index contributed by atoms with van der Waals surface area (Å²) in [6, 6.07) is 8.60. The topological polar surface area (TPSA) is 120 Å². The Balaban J connectivity index is 1.25. The molecule has 0 unspecified atom stereocenters. The Labute approximate surface area is 217 Å². The van der Waals surface area contributed by atoms with Crippen LogP contribution in [-0.4, -0.2) is 65.3 Å². The molecule has 3 aromatic rings. The predicted octanol–water partition coefficient (Wildman–Crippen LogP) is 3.51. The van der Waals surface area contributed by atoms with Crippen LogP contribution in [0.2, 0.25) is 0 Å². The van der Waals surface area contributed by atoms with Gasteiger partial charge in [0.2, 0.25) is 5.95 Å². The van der Waals surface area contributed by atoms with Gasteiger partial charge >= 0.3 is 6.03 Å². The lowest BCUT2D eigenvalue weighted by molar-refractivity contribution is 0.240. The molecule has 0 saturated carbocycles. The maximum atomic E-state index is 12.4. The van der Waals surface area contributed by atoms with Crippen molar-refractivity contribution in [3.63, 3.8) is 0 Å². The van der Waals surface area contributed by atoms with Crippen molar-refractivity contribution in [2.24, 2.45) is 0 Å². The fraction of sp³-hybridized carbons (Fsp3) is 0.407. The van der Waals surface area contributed by atoms with E-state index in [0.717, 1.165) is 51.3 Å². The summed E-state index contributed by atoms with van der Waals surface area (Å²) >= 11 is 0. The highest BCUT2D eigenvalue weighted by molar-refractivity contribution is 5.99. The maximum Gasteiger partial charge on any atom is 0.324 e. The monoisotopic (exact) mass is 502 g/mol. The standard InChI is InChI=1S/C27H34N8O2/c1-27(2,3)23-17-24(34-37-23)33-26(36)32-22-7-4-6-20(16-22)8-9-21-18-30-25(31-19-21)29-10-5-13-35-14-11-28-12-15-35/h4,6-7,16-19,28H,5,10-15H2,1-3H3,(H,29,30,31)(H2,32,33,34,36). The zero-order valence-electron chi connectivity index (χ0n) is 21.6. The summed E-state index contributed by atoms with van der Waals surface area (Å²) in [4.78, 5) is 23.6. The van der Waals surface area contributed by atoms with Crippen molar-refractivity contribution in [3.05, 3.63) is 59.6 Å². The number of benzene rings is 1. The smallest absolute Gasteiger partial charge is 0.324 e. The number of nitrogens with zero attached hydrogens (tertiary/aromatic N) is 4. The van der Waals surface area contributed by atoms with E-state index < -0.39 is 6.03 Å². The molecule has 4 rings (SSSR count). The number of amides is 2. The fourth-order valence-electron chi connectivity index (χ4n) is 3.71. The third kappa shape index (κ3) is 8.31. The van der Waals surface area contributed by atoms with Crippen molar-refractivity contribution in [1.29, 1.82) is 0 Å². The minimum Gasteiger partial charge on any atom is -0.359 e. The Morgan fingerprint density at radius 1 is 1.08 bits per heavy atom. The van der Waals surface area contributed by atoms with Gasteiger partial charge in [0.15, 0.2) is 5.82 Å². The Morgan fingerprint density at radius 3 is 2.57 bits per heavy atom. The van der Waals surface area contributed by atoms with E-state index in [1.807, 2.05) is 32.9 Å². The largest absolute Gasteiger partial charge is 0.359 e. The van der Waals surface area contributed by atoms with E-state index in [1.165, 1.54) is 0 Å². The average Bonchev–Trinajstić information content (AvgIpc) is 3.36. The second-order valence-electron chi connectivity index (χ2n) is 9.90. The van der Waals surface area contributed by atoms with E-state index >= 15 is 0 Å². The number of carbonyl (C=O) groups is 1. The summed E-state index contributed by atoms with van der Waals surface area (Å²) in [5.74, 6) is 7.81. The van der Waals surface area contributed by atoms with Gasteiger partial charge in [0, 0.05) is 67.8 Å². The first kappa shape index (κ1) is 26.1. The quantitative estimate of drug-likeness (QED) is 0.286. The second kappa shape index (κ2) is 12.3. The van der Waals surface area contributed by atoms with Crippen LogP contribution in [0, 0.1) is 11.8 Å². The van der Waals surface area contributed by atoms with E-state index in [9.17, 15) is 4.79 Å². The summed E-state index contributed by atoms with van der Waals surface area (Å²) in [7, 11) is 0. The first-order valence-electron chi connectivity index (χ1n) is 12.5. The van der Waals surface area contributed by atoms with Gasteiger partial charge in [0.05, 0.1) is 5.56 Å². The highest BCUT2D eigenvalue weighted by atomic mass is 16.5. The highest BCUT2D eigenvalue weighted by Crippen LogP contribution is 2.24. The molecule has 1 aliphatic heterocycles. The number of carbonyl (C=O) groups excluding carboxylic acids is 1. The molecule has 0 atom stereocenters. The number of nitrogens with one attached hydrogen (secondary N) is 4. The van der Waals surface area contributed by atoms with Crippen molar-refractivity contribution in [3.8, 4) is 11.8 Å². The molecule has 1 aliphatic rings. The van der Waals surface area contributed by atoms with Crippen molar-refractivity contribution in [2.45, 2.75) is 32.6 Å². The van der Waals surface area contributed by atoms with E-state index in [1.54, 1.807) is 30.6 Å². The van der Waals surface area contributed by atoms with Crippen molar-refractivity contribution in [1.82, 2.24) is 25.3 Å². The lowest BCUT2D eigenvalue weighted by Gasteiger charge is -2.27. The van der Waals surface area contributed by atoms with E-state index in [2.05, 4.69) is 53.1 Å². The van der Waals surface area contributed by atoms with Crippen LogP contribution in [0.3, 0.4) is 0 Å². The molecular formula is C27H34N8O2. The molecule has 2 aromatic heterocycles. The fourth-order valence-corrected chi connectivity index (χ4v) is 3.71. The molecule has 0 radical (unpaired) electrons. The van der Waals surface area contributed by atoms with Gasteiger partial charge < -0.3 is 25.4 Å². The molecule has 0 bridgehead atoms. The molecule has 1 aromatic carbocycles. The zero-order chi connectivity index (χ0) is 26.1. The van der Waals surface area contributed by atoms with Crippen LogP contribution in [0.25, 0.3) is 0 Å². The van der Waals surface area contributed by atoms with E-state index in [0.29, 0.717) is 28.8 Å². The Bertz CT molecular complexity index is 1230. The summed E-state index contributed by atoms with van der Waals surface area (Å²) in [6.07, 6.45) is 4.46. The molecule has 4 N–H and O–H groups in total. The predicted molar refractivity (Wildman–Crippen MR) is 145 cm³/mol. The van der Waals surface area contributed by atoms with Crippen LogP contribution in [0.5, 0.6) is 0 Å². The van der Waals surface area contributed by atoms with Crippen LogP contribution < -0.4 is 21.3 Å². The van der Waals surface area contributed by atoms with Gasteiger partial charge in [-0.2, -0.15) is 0 Å². The zero-order valence-corrected chi connectivity index (χ0v) is 21.6. The number of aromatic nitrogens is 3. The number of hydrogen-bond donors (Lipinski definition) is 4. The average molecular weight is 503 g/mol. The molecule has 10 heteroatoms. The van der Waals surface area contributed by atoms with Crippen molar-refractivity contribution >= 4 is 23.5 Å². The number of hydrogen-bond acceptors (Lipinski definition) is 8. The lowest BCUT2D eigenvalue weighted by Crippen LogP contribution is -2.44. The minimum absolute atomic E-state index is 0.191. The SMILES string of the molecule is CC(C)(C)c1cc(NC(=O)Nc2cccc(C#Cc3cnc(NCCCN4CCNCC4)nc3)c2)no1. The normalized spacial score (nSPS) is 13.9. The third-order valence-electron chi connectivity index (χ3n) is 5.76. The lowest BCUT2D eigenvalue weighted by atomic mass is 9.93. The van der Waals surface area contributed by atoms with Crippen LogP contribution in [0.4, 0.5) is 22.2 Å². The van der Waals surface area contributed by atoms with Gasteiger partial charge in [0.25, 0.3) is 0 Å². The Hall–Kier alpha value is -3.94. The summed E-state index contributed by atoms with van der Waals surface area (Å²) in [6.45, 7) is 12.3. The number of anilines is 3. The third-order valence-corrected chi connectivity index (χ3v) is 5.76. The van der Waals surface area contributed by atoms with E-state index in [-0.39, 0.29) is 5.41 Å². The van der Waals surface area contributed by atoms with Crippen molar-refractivity contribution < 1.29 is 9.32 Å². The van der Waals surface area contributed by atoms with Gasteiger partial charge in [-0.3, -0.25) is 5.32 Å². The van der Waals surface area contributed by atoms with Crippen LogP contribution in [0.15, 0.2) is 47.2 Å². The van der Waals surface area contributed by atoms with Crippen LogP contribution >= 0.6 is 0 Å². The van der Waals surface area contributed by atoms with Gasteiger partial charge in [-0.15, -0.1) is 0 Å². The van der Waals surface area contributed by atoms with E-state index in [4.69, 9.17) is 4.52 Å². The molecule has 3 heterocycles.